The number of fused-ring (bicyclic) bond motifs is 1. The summed E-state index contributed by atoms with van der Waals surface area (Å²) >= 11 is 4.32. The molecule has 2 aliphatic rings. The van der Waals surface area contributed by atoms with Gasteiger partial charge in [-0.15, -0.1) is 23.5 Å². The maximum absolute atomic E-state index is 2.40. The normalized spacial score (nSPS) is 52.9. The highest BCUT2D eigenvalue weighted by molar-refractivity contribution is 8.24. The molecule has 0 aromatic carbocycles. The van der Waals surface area contributed by atoms with Gasteiger partial charge >= 0.3 is 0 Å². The molecule has 2 aliphatic heterocycles. The van der Waals surface area contributed by atoms with Crippen LogP contribution in [0.5, 0.6) is 0 Å². The van der Waals surface area contributed by atoms with E-state index in [1.165, 1.54) is 18.6 Å². The molecule has 2 fully saturated rings. The number of rotatable bonds is 0. The van der Waals surface area contributed by atoms with E-state index in [2.05, 4.69) is 30.4 Å². The topological polar surface area (TPSA) is 0 Å². The van der Waals surface area contributed by atoms with E-state index in [4.69, 9.17) is 0 Å². The van der Waals surface area contributed by atoms with E-state index in [1.54, 1.807) is 0 Å². The van der Waals surface area contributed by atoms with Crippen molar-refractivity contribution in [1.29, 1.82) is 0 Å². The largest absolute Gasteiger partial charge is 0.146 e. The van der Waals surface area contributed by atoms with E-state index < -0.39 is 0 Å². The molecule has 0 bridgehead atoms. The lowest BCUT2D eigenvalue weighted by Gasteiger charge is -2.12. The molecule has 0 aromatic rings. The SMILES string of the molecule is CC12CCCSC1S2. The van der Waals surface area contributed by atoms with Gasteiger partial charge in [-0.05, 0) is 25.5 Å². The van der Waals surface area contributed by atoms with Crippen molar-refractivity contribution in [2.45, 2.75) is 29.1 Å². The molecule has 0 nitrogen and oxygen atoms in total. The molecule has 0 aliphatic carbocycles. The second-order valence-electron chi connectivity index (χ2n) is 2.74. The Morgan fingerprint density at radius 2 is 2.50 bits per heavy atom. The van der Waals surface area contributed by atoms with Gasteiger partial charge in [-0.1, -0.05) is 0 Å². The van der Waals surface area contributed by atoms with Gasteiger partial charge in [0, 0.05) is 4.75 Å². The molecule has 2 unspecified atom stereocenters. The van der Waals surface area contributed by atoms with Crippen molar-refractivity contribution in [3.05, 3.63) is 0 Å². The highest BCUT2D eigenvalue weighted by Crippen LogP contribution is 2.64. The van der Waals surface area contributed by atoms with Crippen molar-refractivity contribution in [2.75, 3.05) is 5.75 Å². The predicted molar refractivity (Wildman–Crippen MR) is 41.5 cm³/mol. The van der Waals surface area contributed by atoms with Crippen LogP contribution in [-0.4, -0.2) is 15.1 Å². The molecule has 0 radical (unpaired) electrons. The Bertz CT molecular complexity index is 111. The lowest BCUT2D eigenvalue weighted by Crippen LogP contribution is -2.12. The van der Waals surface area contributed by atoms with Gasteiger partial charge in [-0.2, -0.15) is 0 Å². The number of hydrogen-bond donors (Lipinski definition) is 0. The summed E-state index contributed by atoms with van der Waals surface area (Å²) < 4.78 is 1.71. The standard InChI is InChI=1S/C6H10S2/c1-6-3-2-4-7-5(6)8-6/h5H,2-4H2,1H3. The van der Waals surface area contributed by atoms with Crippen LogP contribution in [0.4, 0.5) is 0 Å². The Morgan fingerprint density at radius 1 is 1.62 bits per heavy atom. The lowest BCUT2D eigenvalue weighted by molar-refractivity contribution is 0.662. The summed E-state index contributed by atoms with van der Waals surface area (Å²) in [5.41, 5.74) is 0. The molecule has 2 heteroatoms. The minimum absolute atomic E-state index is 0.725. The van der Waals surface area contributed by atoms with Gasteiger partial charge in [0.05, 0.1) is 4.58 Å². The Morgan fingerprint density at radius 3 is 3.00 bits per heavy atom. The van der Waals surface area contributed by atoms with Gasteiger partial charge < -0.3 is 0 Å². The second-order valence-corrected chi connectivity index (χ2v) is 5.89. The van der Waals surface area contributed by atoms with Crippen molar-refractivity contribution < 1.29 is 0 Å². The Hall–Kier alpha value is 0.700. The van der Waals surface area contributed by atoms with Gasteiger partial charge in [0.1, 0.15) is 0 Å². The molecule has 2 atom stereocenters. The van der Waals surface area contributed by atoms with Crippen LogP contribution in [0.25, 0.3) is 0 Å². The maximum Gasteiger partial charge on any atom is 0.0652 e. The summed E-state index contributed by atoms with van der Waals surface area (Å²) in [6, 6.07) is 0. The smallest absolute Gasteiger partial charge is 0.0652 e. The third-order valence-electron chi connectivity index (χ3n) is 1.90. The van der Waals surface area contributed by atoms with Crippen LogP contribution in [0.15, 0.2) is 0 Å². The molecule has 2 heterocycles. The molecule has 0 amide bonds. The summed E-state index contributed by atoms with van der Waals surface area (Å²) in [7, 11) is 0. The van der Waals surface area contributed by atoms with E-state index in [0.29, 0.717) is 0 Å². The summed E-state index contributed by atoms with van der Waals surface area (Å²) in [4.78, 5) is 0. The highest BCUT2D eigenvalue weighted by Gasteiger charge is 2.52. The molecule has 0 N–H and O–H groups in total. The van der Waals surface area contributed by atoms with Crippen LogP contribution in [0.2, 0.25) is 0 Å². The van der Waals surface area contributed by atoms with Gasteiger partial charge in [0.25, 0.3) is 0 Å². The van der Waals surface area contributed by atoms with Crippen LogP contribution in [0, 0.1) is 0 Å². The minimum atomic E-state index is 0.725. The summed E-state index contributed by atoms with van der Waals surface area (Å²) in [5.74, 6) is 1.41. The van der Waals surface area contributed by atoms with Gasteiger partial charge in [0.15, 0.2) is 0 Å². The molecule has 0 saturated carbocycles. The molecule has 2 rings (SSSR count). The first kappa shape index (κ1) is 5.48. The molecular formula is C6H10S2. The third kappa shape index (κ3) is 0.695. The summed E-state index contributed by atoms with van der Waals surface area (Å²) in [6.07, 6.45) is 2.92. The minimum Gasteiger partial charge on any atom is -0.146 e. The Balaban J connectivity index is 2.04. The zero-order chi connectivity index (χ0) is 5.61. The van der Waals surface area contributed by atoms with Crippen LogP contribution in [0.3, 0.4) is 0 Å². The predicted octanol–water partition coefficient (Wildman–Crippen LogP) is 2.35. The summed E-state index contributed by atoms with van der Waals surface area (Å²) in [6.45, 7) is 2.40. The van der Waals surface area contributed by atoms with E-state index >= 15 is 0 Å². The third-order valence-corrected chi connectivity index (χ3v) is 5.56. The Labute approximate surface area is 58.8 Å². The average Bonchev–Trinajstić information content (AvgIpc) is 2.39. The van der Waals surface area contributed by atoms with E-state index in [1.807, 2.05) is 0 Å². The lowest BCUT2D eigenvalue weighted by atomic mass is 10.1. The van der Waals surface area contributed by atoms with Crippen LogP contribution in [-0.2, 0) is 0 Å². The van der Waals surface area contributed by atoms with Gasteiger partial charge in [0.2, 0.25) is 0 Å². The van der Waals surface area contributed by atoms with E-state index in [-0.39, 0.29) is 0 Å². The fourth-order valence-electron chi connectivity index (χ4n) is 1.21. The van der Waals surface area contributed by atoms with Gasteiger partial charge in [-0.25, -0.2) is 0 Å². The molecule has 0 spiro atoms. The molecule has 2 saturated heterocycles. The van der Waals surface area contributed by atoms with Crippen LogP contribution in [0.1, 0.15) is 19.8 Å². The fraction of sp³-hybridized carbons (Fsp3) is 1.00. The van der Waals surface area contributed by atoms with E-state index in [9.17, 15) is 0 Å². The van der Waals surface area contributed by atoms with E-state index in [0.717, 1.165) is 9.33 Å². The highest BCUT2D eigenvalue weighted by atomic mass is 32.2. The molecule has 46 valence electrons. The first-order valence-electron chi connectivity index (χ1n) is 3.11. The van der Waals surface area contributed by atoms with Crippen molar-refractivity contribution in [3.8, 4) is 0 Å². The van der Waals surface area contributed by atoms with Crippen LogP contribution < -0.4 is 0 Å². The first-order chi connectivity index (χ1) is 3.81. The second kappa shape index (κ2) is 1.60. The molecule has 8 heavy (non-hydrogen) atoms. The van der Waals surface area contributed by atoms with Crippen LogP contribution >= 0.6 is 23.5 Å². The zero-order valence-corrected chi connectivity index (χ0v) is 6.65. The summed E-state index contributed by atoms with van der Waals surface area (Å²) in [5, 5.41) is 0. The fourth-order valence-corrected chi connectivity index (χ4v) is 4.43. The monoisotopic (exact) mass is 146 g/mol. The first-order valence-corrected chi connectivity index (χ1v) is 5.03. The van der Waals surface area contributed by atoms with Gasteiger partial charge in [-0.3, -0.25) is 0 Å². The van der Waals surface area contributed by atoms with Crippen molar-refractivity contribution in [2.24, 2.45) is 0 Å². The van der Waals surface area contributed by atoms with Crippen molar-refractivity contribution >= 4 is 23.5 Å². The quantitative estimate of drug-likeness (QED) is 0.481. The number of thioether (sulfide) groups is 2. The average molecular weight is 146 g/mol. The molecule has 0 aromatic heterocycles. The van der Waals surface area contributed by atoms with Crippen molar-refractivity contribution in [3.63, 3.8) is 0 Å². The number of hydrogen-bond acceptors (Lipinski definition) is 2. The maximum atomic E-state index is 2.40. The zero-order valence-electron chi connectivity index (χ0n) is 5.02. The molecular weight excluding hydrogens is 136 g/mol. The van der Waals surface area contributed by atoms with Crippen molar-refractivity contribution in [1.82, 2.24) is 0 Å². The Kier molecular flexibility index (Phi) is 1.10.